The van der Waals surface area contributed by atoms with Gasteiger partial charge in [-0.25, -0.2) is 4.79 Å². The molecule has 0 atom stereocenters. The third kappa shape index (κ3) is 3.05. The van der Waals surface area contributed by atoms with Crippen molar-refractivity contribution in [3.8, 4) is 6.07 Å². The van der Waals surface area contributed by atoms with Crippen molar-refractivity contribution in [2.75, 3.05) is 5.43 Å². The topological polar surface area (TPSA) is 135 Å². The molecule has 0 aromatic heterocycles. The molecule has 0 aliphatic heterocycles. The number of anilines is 1. The molecule has 0 saturated heterocycles. The van der Waals surface area contributed by atoms with Crippen molar-refractivity contribution in [3.05, 3.63) is 29.3 Å². The Hall–Kier alpha value is -2.88. The number of nitrogens with two attached hydrogens (primary N) is 1. The Morgan fingerprint density at radius 1 is 1.61 bits per heavy atom. The first-order valence-electron chi connectivity index (χ1n) is 4.88. The van der Waals surface area contributed by atoms with Gasteiger partial charge >= 0.3 is 5.97 Å². The lowest BCUT2D eigenvalue weighted by molar-refractivity contribution is 0.0698. The van der Waals surface area contributed by atoms with E-state index in [0.29, 0.717) is 0 Å². The molecule has 0 aliphatic carbocycles. The Morgan fingerprint density at radius 3 is 2.78 bits per heavy atom. The molecule has 18 heavy (non-hydrogen) atoms. The third-order valence-electron chi connectivity index (χ3n) is 2.05. The van der Waals surface area contributed by atoms with Gasteiger partial charge in [-0.2, -0.15) is 10.4 Å². The van der Waals surface area contributed by atoms with Gasteiger partial charge in [-0.05, 0) is 19.1 Å². The number of nitrogens with zero attached hydrogens (tertiary/aromatic N) is 2. The number of carboxylic acids is 1. The molecule has 0 bridgehead atoms. The van der Waals surface area contributed by atoms with Crippen LogP contribution in [0.1, 0.15) is 15.9 Å². The van der Waals surface area contributed by atoms with Gasteiger partial charge in [0.25, 0.3) is 0 Å². The second-order valence-corrected chi connectivity index (χ2v) is 3.45. The molecule has 0 saturated carbocycles. The molecular formula is C11H11N5O2. The fourth-order valence-electron chi connectivity index (χ4n) is 1.19. The summed E-state index contributed by atoms with van der Waals surface area (Å²) in [5.41, 5.74) is 8.25. The average Bonchev–Trinajstić information content (AvgIpc) is 2.30. The molecule has 5 N–H and O–H groups in total. The standard InChI is InChI=1S/C11H11N5O2/c1-6-2-3-8(7(4-6)11(17)18)15-16-9(5-12)10(13)14/h2-4,15H,1H3,(H3,13,14)(H,17,18)/b16-9+. The van der Waals surface area contributed by atoms with E-state index in [0.717, 1.165) is 5.56 Å². The predicted octanol–water partition coefficient (Wildman–Crippen LogP) is 0.921. The van der Waals surface area contributed by atoms with E-state index >= 15 is 0 Å². The molecule has 7 heteroatoms. The summed E-state index contributed by atoms with van der Waals surface area (Å²) >= 11 is 0. The highest BCUT2D eigenvalue weighted by molar-refractivity contribution is 6.45. The fourth-order valence-corrected chi connectivity index (χ4v) is 1.19. The summed E-state index contributed by atoms with van der Waals surface area (Å²) in [5, 5.41) is 28.3. The van der Waals surface area contributed by atoms with Gasteiger partial charge < -0.3 is 10.8 Å². The van der Waals surface area contributed by atoms with E-state index in [1.165, 1.54) is 12.1 Å². The molecule has 0 fully saturated rings. The predicted molar refractivity (Wildman–Crippen MR) is 66.7 cm³/mol. The quantitative estimate of drug-likeness (QED) is 0.355. The van der Waals surface area contributed by atoms with E-state index in [-0.39, 0.29) is 17.0 Å². The molecule has 0 heterocycles. The van der Waals surface area contributed by atoms with E-state index in [9.17, 15) is 4.79 Å². The van der Waals surface area contributed by atoms with Gasteiger partial charge in [0.2, 0.25) is 5.71 Å². The van der Waals surface area contributed by atoms with Crippen LogP contribution in [0.4, 0.5) is 5.69 Å². The van der Waals surface area contributed by atoms with Crippen LogP contribution in [0, 0.1) is 23.7 Å². The number of hydrogen-bond acceptors (Lipinski definition) is 5. The second-order valence-electron chi connectivity index (χ2n) is 3.45. The van der Waals surface area contributed by atoms with Crippen LogP contribution in [0.2, 0.25) is 0 Å². The highest BCUT2D eigenvalue weighted by Crippen LogP contribution is 2.17. The summed E-state index contributed by atoms with van der Waals surface area (Å²) in [7, 11) is 0. The monoisotopic (exact) mass is 245 g/mol. The van der Waals surface area contributed by atoms with Crippen molar-refractivity contribution in [2.45, 2.75) is 6.92 Å². The first-order valence-corrected chi connectivity index (χ1v) is 4.88. The molecule has 0 amide bonds. The van der Waals surface area contributed by atoms with Gasteiger partial charge in [0, 0.05) is 0 Å². The Balaban J connectivity index is 3.09. The fraction of sp³-hybridized carbons (Fsp3) is 0.0909. The zero-order valence-electron chi connectivity index (χ0n) is 9.56. The van der Waals surface area contributed by atoms with Crippen LogP contribution in [0.25, 0.3) is 0 Å². The molecule has 0 spiro atoms. The Labute approximate surface area is 103 Å². The SMILES string of the molecule is Cc1ccc(N/N=C(\C#N)C(=N)N)c(C(=O)O)c1. The lowest BCUT2D eigenvalue weighted by atomic mass is 10.1. The number of aromatic carboxylic acids is 1. The summed E-state index contributed by atoms with van der Waals surface area (Å²) in [5.74, 6) is -1.60. The van der Waals surface area contributed by atoms with Gasteiger partial charge in [-0.3, -0.25) is 10.8 Å². The van der Waals surface area contributed by atoms with Gasteiger partial charge in [-0.1, -0.05) is 11.6 Å². The minimum Gasteiger partial charge on any atom is -0.478 e. The van der Waals surface area contributed by atoms with Crippen LogP contribution < -0.4 is 11.2 Å². The van der Waals surface area contributed by atoms with Crippen LogP contribution in [-0.2, 0) is 0 Å². The molecule has 7 nitrogen and oxygen atoms in total. The number of amidine groups is 1. The van der Waals surface area contributed by atoms with E-state index in [1.54, 1.807) is 19.1 Å². The summed E-state index contributed by atoms with van der Waals surface area (Å²) < 4.78 is 0. The number of benzene rings is 1. The van der Waals surface area contributed by atoms with Crippen molar-refractivity contribution >= 4 is 23.2 Å². The number of aryl methyl sites for hydroxylation is 1. The highest BCUT2D eigenvalue weighted by Gasteiger charge is 2.10. The van der Waals surface area contributed by atoms with Gasteiger partial charge in [-0.15, -0.1) is 0 Å². The molecule has 0 aliphatic rings. The Kier molecular flexibility index (Phi) is 3.99. The lowest BCUT2D eigenvalue weighted by Crippen LogP contribution is -2.22. The summed E-state index contributed by atoms with van der Waals surface area (Å²) in [6.07, 6.45) is 0. The minimum absolute atomic E-state index is 0.0274. The third-order valence-corrected chi connectivity index (χ3v) is 2.05. The molecule has 92 valence electrons. The lowest BCUT2D eigenvalue weighted by Gasteiger charge is -2.06. The number of carbonyl (C=O) groups is 1. The Morgan fingerprint density at radius 2 is 2.28 bits per heavy atom. The summed E-state index contributed by atoms with van der Waals surface area (Å²) in [4.78, 5) is 11.0. The Bertz CT molecular complexity index is 571. The van der Waals surface area contributed by atoms with Crippen LogP contribution >= 0.6 is 0 Å². The summed E-state index contributed by atoms with van der Waals surface area (Å²) in [6.45, 7) is 1.76. The van der Waals surface area contributed by atoms with E-state index in [2.05, 4.69) is 10.5 Å². The number of carboxylic acid groups (broad SMARTS) is 1. The average molecular weight is 245 g/mol. The molecule has 1 aromatic carbocycles. The molecular weight excluding hydrogens is 234 g/mol. The van der Waals surface area contributed by atoms with Crippen LogP contribution in [-0.4, -0.2) is 22.6 Å². The van der Waals surface area contributed by atoms with Crippen LogP contribution in [0.5, 0.6) is 0 Å². The van der Waals surface area contributed by atoms with Crippen molar-refractivity contribution in [1.29, 1.82) is 10.7 Å². The van der Waals surface area contributed by atoms with E-state index in [1.807, 2.05) is 0 Å². The van der Waals surface area contributed by atoms with Crippen molar-refractivity contribution in [1.82, 2.24) is 0 Å². The number of rotatable bonds is 4. The van der Waals surface area contributed by atoms with Crippen LogP contribution in [0.3, 0.4) is 0 Å². The minimum atomic E-state index is -1.11. The number of hydrogen-bond donors (Lipinski definition) is 4. The number of nitriles is 1. The maximum Gasteiger partial charge on any atom is 0.337 e. The van der Waals surface area contributed by atoms with E-state index in [4.69, 9.17) is 21.5 Å². The summed E-state index contributed by atoms with van der Waals surface area (Å²) in [6, 6.07) is 6.32. The van der Waals surface area contributed by atoms with Gasteiger partial charge in [0.15, 0.2) is 5.84 Å². The smallest absolute Gasteiger partial charge is 0.337 e. The van der Waals surface area contributed by atoms with Crippen molar-refractivity contribution in [2.24, 2.45) is 10.8 Å². The molecule has 0 radical (unpaired) electrons. The largest absolute Gasteiger partial charge is 0.478 e. The first kappa shape index (κ1) is 13.2. The van der Waals surface area contributed by atoms with Gasteiger partial charge in [0.05, 0.1) is 11.3 Å². The maximum atomic E-state index is 11.0. The van der Waals surface area contributed by atoms with E-state index < -0.39 is 11.8 Å². The maximum absolute atomic E-state index is 11.0. The van der Waals surface area contributed by atoms with Gasteiger partial charge in [0.1, 0.15) is 6.07 Å². The van der Waals surface area contributed by atoms with Crippen molar-refractivity contribution < 1.29 is 9.90 Å². The zero-order chi connectivity index (χ0) is 13.7. The first-order chi connectivity index (χ1) is 8.45. The number of nitrogens with one attached hydrogen (secondary N) is 2. The second kappa shape index (κ2) is 5.45. The molecule has 0 unspecified atom stereocenters. The molecule has 1 aromatic rings. The zero-order valence-corrected chi connectivity index (χ0v) is 9.56. The normalized spacial score (nSPS) is 10.6. The number of hydrazone groups is 1. The van der Waals surface area contributed by atoms with Crippen LogP contribution in [0.15, 0.2) is 23.3 Å². The van der Waals surface area contributed by atoms with Crippen molar-refractivity contribution in [3.63, 3.8) is 0 Å². The molecule has 1 rings (SSSR count). The highest BCUT2D eigenvalue weighted by atomic mass is 16.4.